The summed E-state index contributed by atoms with van der Waals surface area (Å²) in [5, 5.41) is 12.3. The number of rotatable bonds is 5. The van der Waals surface area contributed by atoms with Crippen LogP contribution in [-0.4, -0.2) is 33.6 Å². The van der Waals surface area contributed by atoms with Gasteiger partial charge >= 0.3 is 0 Å². The summed E-state index contributed by atoms with van der Waals surface area (Å²) in [6, 6.07) is 7.17. The maximum absolute atomic E-state index is 12.2. The number of nitrogens with zero attached hydrogens (tertiary/aromatic N) is 1. The van der Waals surface area contributed by atoms with Crippen molar-refractivity contribution in [2.75, 3.05) is 6.61 Å². The number of benzene rings is 1. The number of aliphatic hydroxyl groups excluding tert-OH is 1. The molecule has 112 valence electrons. The highest BCUT2D eigenvalue weighted by atomic mass is 35.5. The average Bonchev–Trinajstić information content (AvgIpc) is 2.81. The molecule has 21 heavy (non-hydrogen) atoms. The molecule has 0 aliphatic carbocycles. The molecule has 1 heterocycles. The number of aromatic nitrogens is 2. The van der Waals surface area contributed by atoms with E-state index in [0.717, 1.165) is 5.56 Å². The zero-order valence-electron chi connectivity index (χ0n) is 12.0. The lowest BCUT2D eigenvalue weighted by atomic mass is 10.2. The molecule has 0 fully saturated rings. The van der Waals surface area contributed by atoms with Gasteiger partial charge in [0.15, 0.2) is 0 Å². The van der Waals surface area contributed by atoms with Crippen LogP contribution in [0.25, 0.3) is 11.4 Å². The summed E-state index contributed by atoms with van der Waals surface area (Å²) in [5.41, 5.74) is 1.88. The number of amides is 1. The molecule has 0 aliphatic rings. The molecule has 0 radical (unpaired) electrons. The Bertz CT molecular complexity index is 640. The molecule has 3 N–H and O–H groups in total. The lowest BCUT2D eigenvalue weighted by Gasteiger charge is -2.11. The lowest BCUT2D eigenvalue weighted by molar-refractivity contribution is 0.0929. The monoisotopic (exact) mass is 307 g/mol. The largest absolute Gasteiger partial charge is 0.396 e. The van der Waals surface area contributed by atoms with Crippen LogP contribution in [0.5, 0.6) is 0 Å². The molecule has 1 amide bonds. The first-order valence-corrected chi connectivity index (χ1v) is 7.13. The molecule has 0 spiro atoms. The molecular weight excluding hydrogens is 290 g/mol. The van der Waals surface area contributed by atoms with Gasteiger partial charge in [0.1, 0.15) is 11.5 Å². The number of H-pyrrole nitrogens is 1. The predicted molar refractivity (Wildman–Crippen MR) is 82.4 cm³/mol. The van der Waals surface area contributed by atoms with Crippen molar-refractivity contribution in [3.63, 3.8) is 0 Å². The van der Waals surface area contributed by atoms with Gasteiger partial charge in [0.05, 0.1) is 0 Å². The molecule has 0 saturated carbocycles. The Kier molecular flexibility index (Phi) is 4.98. The normalized spacial score (nSPS) is 12.2. The smallest absolute Gasteiger partial charge is 0.271 e. The molecule has 0 saturated heterocycles. The summed E-state index contributed by atoms with van der Waals surface area (Å²) in [7, 11) is 0. The molecule has 1 unspecified atom stereocenters. The van der Waals surface area contributed by atoms with Crippen LogP contribution in [0.4, 0.5) is 0 Å². The van der Waals surface area contributed by atoms with E-state index in [9.17, 15) is 4.79 Å². The molecule has 0 aliphatic heterocycles. The van der Waals surface area contributed by atoms with Gasteiger partial charge in [-0.2, -0.15) is 0 Å². The minimum absolute atomic E-state index is 0.0365. The standard InChI is InChI=1S/C15H18ClN3O2/c1-9(6-7-20)17-15(21)13-10(2)18-14(19-13)11-4-3-5-12(16)8-11/h3-5,8-9,20H,6-7H2,1-2H3,(H,17,21)(H,18,19). The molecule has 2 rings (SSSR count). The van der Waals surface area contributed by atoms with Gasteiger partial charge in [-0.25, -0.2) is 4.98 Å². The van der Waals surface area contributed by atoms with Gasteiger partial charge in [-0.05, 0) is 32.4 Å². The van der Waals surface area contributed by atoms with Crippen LogP contribution in [0.15, 0.2) is 24.3 Å². The zero-order valence-corrected chi connectivity index (χ0v) is 12.7. The van der Waals surface area contributed by atoms with Gasteiger partial charge in [-0.1, -0.05) is 23.7 Å². The Hall–Kier alpha value is -1.85. The maximum atomic E-state index is 12.2. The SMILES string of the molecule is Cc1[nH]c(-c2cccc(Cl)c2)nc1C(=O)NC(C)CCO. The summed E-state index contributed by atoms with van der Waals surface area (Å²) in [4.78, 5) is 19.6. The Balaban J connectivity index is 2.21. The number of carbonyl (C=O) groups is 1. The maximum Gasteiger partial charge on any atom is 0.271 e. The van der Waals surface area contributed by atoms with E-state index < -0.39 is 0 Å². The van der Waals surface area contributed by atoms with Crippen molar-refractivity contribution in [1.82, 2.24) is 15.3 Å². The zero-order chi connectivity index (χ0) is 15.4. The van der Waals surface area contributed by atoms with Crippen molar-refractivity contribution in [3.05, 3.63) is 40.7 Å². The first-order chi connectivity index (χ1) is 10.0. The molecular formula is C15H18ClN3O2. The van der Waals surface area contributed by atoms with Crippen molar-refractivity contribution in [2.45, 2.75) is 26.3 Å². The lowest BCUT2D eigenvalue weighted by Crippen LogP contribution is -2.33. The van der Waals surface area contributed by atoms with Crippen LogP contribution >= 0.6 is 11.6 Å². The number of hydrogen-bond donors (Lipinski definition) is 3. The van der Waals surface area contributed by atoms with Crippen molar-refractivity contribution >= 4 is 17.5 Å². The third-order valence-corrected chi connectivity index (χ3v) is 3.37. The second kappa shape index (κ2) is 6.74. The van der Waals surface area contributed by atoms with Crippen molar-refractivity contribution < 1.29 is 9.90 Å². The van der Waals surface area contributed by atoms with Crippen LogP contribution in [0.1, 0.15) is 29.5 Å². The fourth-order valence-electron chi connectivity index (χ4n) is 2.01. The number of aromatic amines is 1. The number of aliphatic hydroxyl groups is 1. The minimum atomic E-state index is -0.252. The topological polar surface area (TPSA) is 78.0 Å². The van der Waals surface area contributed by atoms with E-state index in [-0.39, 0.29) is 18.6 Å². The van der Waals surface area contributed by atoms with Crippen molar-refractivity contribution in [1.29, 1.82) is 0 Å². The van der Waals surface area contributed by atoms with E-state index in [1.54, 1.807) is 19.1 Å². The highest BCUT2D eigenvalue weighted by molar-refractivity contribution is 6.30. The second-order valence-corrected chi connectivity index (χ2v) is 5.39. The van der Waals surface area contributed by atoms with Gasteiger partial charge in [0, 0.05) is 28.9 Å². The Morgan fingerprint density at radius 3 is 2.95 bits per heavy atom. The first kappa shape index (κ1) is 15.5. The highest BCUT2D eigenvalue weighted by Gasteiger charge is 2.17. The summed E-state index contributed by atoms with van der Waals surface area (Å²) in [5.74, 6) is 0.355. The second-order valence-electron chi connectivity index (χ2n) is 4.96. The summed E-state index contributed by atoms with van der Waals surface area (Å²) < 4.78 is 0. The van der Waals surface area contributed by atoms with E-state index in [1.807, 2.05) is 19.1 Å². The van der Waals surface area contributed by atoms with Crippen molar-refractivity contribution in [3.8, 4) is 11.4 Å². The van der Waals surface area contributed by atoms with Crippen LogP contribution in [-0.2, 0) is 0 Å². The predicted octanol–water partition coefficient (Wildman–Crippen LogP) is 2.54. The fraction of sp³-hybridized carbons (Fsp3) is 0.333. The van der Waals surface area contributed by atoms with Crippen LogP contribution in [0, 0.1) is 6.92 Å². The summed E-state index contributed by atoms with van der Waals surface area (Å²) >= 11 is 5.96. The molecule has 1 aromatic heterocycles. The highest BCUT2D eigenvalue weighted by Crippen LogP contribution is 2.21. The minimum Gasteiger partial charge on any atom is -0.396 e. The van der Waals surface area contributed by atoms with E-state index in [2.05, 4.69) is 15.3 Å². The number of carbonyl (C=O) groups excluding carboxylic acids is 1. The summed E-state index contributed by atoms with van der Waals surface area (Å²) in [6.07, 6.45) is 0.510. The summed E-state index contributed by atoms with van der Waals surface area (Å²) in [6.45, 7) is 3.68. The quantitative estimate of drug-likeness (QED) is 0.794. The van der Waals surface area contributed by atoms with E-state index in [4.69, 9.17) is 16.7 Å². The van der Waals surface area contributed by atoms with Crippen LogP contribution in [0.2, 0.25) is 5.02 Å². The van der Waals surface area contributed by atoms with E-state index in [0.29, 0.717) is 28.7 Å². The Labute approximate surface area is 128 Å². The number of nitrogens with one attached hydrogen (secondary N) is 2. The molecule has 2 aromatic rings. The number of aryl methyl sites for hydroxylation is 1. The Morgan fingerprint density at radius 2 is 2.29 bits per heavy atom. The van der Waals surface area contributed by atoms with Crippen LogP contribution < -0.4 is 5.32 Å². The molecule has 6 heteroatoms. The average molecular weight is 308 g/mol. The van der Waals surface area contributed by atoms with Gasteiger partial charge in [-0.15, -0.1) is 0 Å². The fourth-order valence-corrected chi connectivity index (χ4v) is 2.20. The number of imidazole rings is 1. The third-order valence-electron chi connectivity index (χ3n) is 3.14. The van der Waals surface area contributed by atoms with E-state index in [1.165, 1.54) is 0 Å². The number of halogens is 1. The van der Waals surface area contributed by atoms with Crippen LogP contribution in [0.3, 0.4) is 0 Å². The van der Waals surface area contributed by atoms with E-state index >= 15 is 0 Å². The molecule has 0 bridgehead atoms. The molecule has 1 aromatic carbocycles. The molecule has 1 atom stereocenters. The van der Waals surface area contributed by atoms with Gasteiger partial charge in [-0.3, -0.25) is 4.79 Å². The van der Waals surface area contributed by atoms with Gasteiger partial charge in [0.2, 0.25) is 0 Å². The van der Waals surface area contributed by atoms with Gasteiger partial charge in [0.25, 0.3) is 5.91 Å². The third kappa shape index (κ3) is 3.83. The number of hydrogen-bond acceptors (Lipinski definition) is 3. The Morgan fingerprint density at radius 1 is 1.52 bits per heavy atom. The first-order valence-electron chi connectivity index (χ1n) is 6.75. The molecule has 5 nitrogen and oxygen atoms in total. The van der Waals surface area contributed by atoms with Crippen molar-refractivity contribution in [2.24, 2.45) is 0 Å². The van der Waals surface area contributed by atoms with Gasteiger partial charge < -0.3 is 15.4 Å².